The van der Waals surface area contributed by atoms with Crippen molar-refractivity contribution < 1.29 is 18.0 Å². The van der Waals surface area contributed by atoms with E-state index in [1.54, 1.807) is 0 Å². The molecule has 1 heterocycles. The number of guanidine groups is 1. The fourth-order valence-corrected chi connectivity index (χ4v) is 5.02. The van der Waals surface area contributed by atoms with Crippen LogP contribution in [0.1, 0.15) is 65.2 Å². The zero-order valence-corrected chi connectivity index (χ0v) is 19.7. The molecule has 0 bridgehead atoms. The van der Waals surface area contributed by atoms with E-state index in [1.165, 1.54) is 0 Å². The van der Waals surface area contributed by atoms with E-state index in [1.807, 2.05) is 0 Å². The molecule has 1 aliphatic heterocycles. The number of carbonyl (C=O) groups is 1. The molecule has 2 aliphatic carbocycles. The molecule has 10 heteroatoms. The molecule has 3 aliphatic rings. The lowest BCUT2D eigenvalue weighted by molar-refractivity contribution is -0.125. The Kier molecular flexibility index (Phi) is 9.49. The molecule has 1 amide bonds. The van der Waals surface area contributed by atoms with Crippen LogP contribution in [-0.4, -0.2) is 54.5 Å². The van der Waals surface area contributed by atoms with Crippen molar-refractivity contribution in [1.82, 2.24) is 21.5 Å². The summed E-state index contributed by atoms with van der Waals surface area (Å²) in [7, 11) is 0. The molecule has 7 atom stereocenters. The van der Waals surface area contributed by atoms with Gasteiger partial charge in [-0.15, -0.1) is 11.6 Å². The van der Waals surface area contributed by atoms with Gasteiger partial charge in [0.1, 0.15) is 18.5 Å². The van der Waals surface area contributed by atoms with Crippen molar-refractivity contribution >= 4 is 23.5 Å². The second-order valence-corrected chi connectivity index (χ2v) is 10.5. The van der Waals surface area contributed by atoms with Crippen molar-refractivity contribution in [2.24, 2.45) is 22.7 Å². The van der Waals surface area contributed by atoms with E-state index in [9.17, 15) is 18.0 Å². The van der Waals surface area contributed by atoms with E-state index >= 15 is 0 Å². The third kappa shape index (κ3) is 7.48. The maximum Gasteiger partial charge on any atom is 0.229 e. The maximum atomic E-state index is 14.0. The summed E-state index contributed by atoms with van der Waals surface area (Å²) in [5, 5.41) is 5.51. The number of halogens is 4. The third-order valence-corrected chi connectivity index (χ3v) is 7.21. The topological polar surface area (TPSA) is 77.5 Å². The summed E-state index contributed by atoms with van der Waals surface area (Å²) in [6, 6.07) is -0.0665. The molecule has 0 aromatic carbocycles. The average molecular weight is 480 g/mol. The Balaban J connectivity index is 1.56. The first-order valence-electron chi connectivity index (χ1n) is 11.9. The van der Waals surface area contributed by atoms with Gasteiger partial charge in [0.05, 0.1) is 11.5 Å². The van der Waals surface area contributed by atoms with E-state index in [-0.39, 0.29) is 36.9 Å². The van der Waals surface area contributed by atoms with Crippen molar-refractivity contribution in [2.75, 3.05) is 6.54 Å². The number of alkyl halides is 4. The first-order valence-corrected chi connectivity index (χ1v) is 12.3. The normalized spacial score (nSPS) is 38.7. The number of aliphatic imine (C=N–C) groups is 1. The van der Waals surface area contributed by atoms with Gasteiger partial charge >= 0.3 is 0 Å². The van der Waals surface area contributed by atoms with Crippen LogP contribution in [0.3, 0.4) is 0 Å². The lowest BCUT2D eigenvalue weighted by Crippen LogP contribution is -2.52. The second-order valence-electron chi connectivity index (χ2n) is 9.93. The molecule has 7 unspecified atom stereocenters. The minimum atomic E-state index is -1.19. The highest BCUT2D eigenvalue weighted by Crippen LogP contribution is 2.33. The van der Waals surface area contributed by atoms with Gasteiger partial charge in [-0.2, -0.15) is 0 Å². The van der Waals surface area contributed by atoms with Crippen LogP contribution in [0.15, 0.2) is 4.99 Å². The smallest absolute Gasteiger partial charge is 0.229 e. The number of carbonyl (C=O) groups excluding carboxylic acids is 1. The highest BCUT2D eigenvalue weighted by atomic mass is 35.5. The predicted molar refractivity (Wildman–Crippen MR) is 121 cm³/mol. The standard InChI is InChI=1S/C22H37ClF3N5O/c1-12(2)5-6-27-22(29-21(32)13-3-4-17(23)18(26)9-13)28-20-11-19(30-31-20)14-7-15(24)10-16(25)8-14/h12-20,30-31H,3-11H2,1-2H3,(H2,27,28,29,32). The monoisotopic (exact) mass is 479 g/mol. The first kappa shape index (κ1) is 25.6. The van der Waals surface area contributed by atoms with Crippen LogP contribution in [0.2, 0.25) is 0 Å². The minimum Gasteiger partial charge on any atom is -0.339 e. The predicted octanol–water partition coefficient (Wildman–Crippen LogP) is 3.51. The van der Waals surface area contributed by atoms with Crippen LogP contribution >= 0.6 is 11.6 Å². The summed E-state index contributed by atoms with van der Waals surface area (Å²) in [5.41, 5.74) is 6.26. The van der Waals surface area contributed by atoms with Crippen molar-refractivity contribution in [1.29, 1.82) is 0 Å². The fraction of sp³-hybridized carbons (Fsp3) is 0.909. The number of hydrazine groups is 1. The lowest BCUT2D eigenvalue weighted by Gasteiger charge is -2.31. The molecule has 0 aromatic heterocycles. The Morgan fingerprint density at radius 2 is 1.78 bits per heavy atom. The Morgan fingerprint density at radius 1 is 1.06 bits per heavy atom. The zero-order chi connectivity index (χ0) is 23.3. The number of hydrogen-bond acceptors (Lipinski definition) is 4. The van der Waals surface area contributed by atoms with Gasteiger partial charge in [-0.25, -0.2) is 18.6 Å². The highest BCUT2D eigenvalue weighted by molar-refractivity contribution is 6.21. The lowest BCUT2D eigenvalue weighted by atomic mass is 9.81. The van der Waals surface area contributed by atoms with Gasteiger partial charge in [0.15, 0.2) is 5.96 Å². The van der Waals surface area contributed by atoms with Crippen LogP contribution in [0.5, 0.6) is 0 Å². The van der Waals surface area contributed by atoms with Gasteiger partial charge in [0.2, 0.25) is 5.91 Å². The summed E-state index contributed by atoms with van der Waals surface area (Å²) < 4.78 is 41.6. The molecular formula is C22H37ClF3N5O. The molecule has 0 spiro atoms. The molecule has 3 rings (SSSR count). The number of hydrogen-bond donors (Lipinski definition) is 4. The Labute approximate surface area is 193 Å². The minimum absolute atomic E-state index is 0.0115. The maximum absolute atomic E-state index is 14.0. The van der Waals surface area contributed by atoms with E-state index < -0.39 is 29.8 Å². The van der Waals surface area contributed by atoms with Crippen molar-refractivity contribution in [3.8, 4) is 0 Å². The molecule has 4 N–H and O–H groups in total. The van der Waals surface area contributed by atoms with Gasteiger partial charge in [-0.1, -0.05) is 13.8 Å². The van der Waals surface area contributed by atoms with E-state index in [4.69, 9.17) is 11.6 Å². The molecule has 1 saturated heterocycles. The number of amides is 1. The molecule has 0 radical (unpaired) electrons. The molecule has 184 valence electrons. The molecule has 32 heavy (non-hydrogen) atoms. The molecule has 6 nitrogen and oxygen atoms in total. The highest BCUT2D eigenvalue weighted by Gasteiger charge is 2.38. The van der Waals surface area contributed by atoms with Gasteiger partial charge in [0, 0.05) is 24.9 Å². The quantitative estimate of drug-likeness (QED) is 0.267. The summed E-state index contributed by atoms with van der Waals surface area (Å²) in [4.78, 5) is 17.3. The summed E-state index contributed by atoms with van der Waals surface area (Å²) in [6.45, 7) is 4.74. The van der Waals surface area contributed by atoms with Crippen LogP contribution in [0, 0.1) is 17.8 Å². The molecule has 2 saturated carbocycles. The largest absolute Gasteiger partial charge is 0.339 e. The first-order chi connectivity index (χ1) is 15.2. The van der Waals surface area contributed by atoms with Gasteiger partial charge in [-0.3, -0.25) is 20.5 Å². The molecule has 0 aromatic rings. The number of nitrogens with one attached hydrogen (secondary N) is 4. The summed E-state index contributed by atoms with van der Waals surface area (Å²) in [6.07, 6.45) is -0.358. The Hall–Kier alpha value is -1.06. The van der Waals surface area contributed by atoms with Gasteiger partial charge in [0.25, 0.3) is 0 Å². The summed E-state index contributed by atoms with van der Waals surface area (Å²) >= 11 is 5.95. The number of rotatable bonds is 6. The van der Waals surface area contributed by atoms with Gasteiger partial charge < -0.3 is 5.32 Å². The molecular weight excluding hydrogens is 443 g/mol. The van der Waals surface area contributed by atoms with Crippen LogP contribution in [0.25, 0.3) is 0 Å². The van der Waals surface area contributed by atoms with Crippen LogP contribution in [0.4, 0.5) is 13.2 Å². The van der Waals surface area contributed by atoms with Crippen LogP contribution < -0.4 is 21.5 Å². The Morgan fingerprint density at radius 3 is 2.44 bits per heavy atom. The average Bonchev–Trinajstić information content (AvgIpc) is 3.17. The SMILES string of the molecule is CC(C)CCN=C(NC(=O)C1CCC(Cl)C(F)C1)NC1CC(C2CC(F)CC(F)C2)NN1. The van der Waals surface area contributed by atoms with E-state index in [0.717, 1.165) is 6.42 Å². The van der Waals surface area contributed by atoms with Crippen molar-refractivity contribution in [3.63, 3.8) is 0 Å². The van der Waals surface area contributed by atoms with Crippen molar-refractivity contribution in [2.45, 2.75) is 101 Å². The second kappa shape index (κ2) is 11.9. The van der Waals surface area contributed by atoms with E-state index in [2.05, 4.69) is 40.3 Å². The van der Waals surface area contributed by atoms with Crippen molar-refractivity contribution in [3.05, 3.63) is 0 Å². The zero-order valence-electron chi connectivity index (χ0n) is 18.9. The van der Waals surface area contributed by atoms with Gasteiger partial charge in [-0.05, 0) is 56.8 Å². The summed E-state index contributed by atoms with van der Waals surface area (Å²) in [5.74, 6) is 0.0175. The fourth-order valence-electron chi connectivity index (χ4n) is 4.79. The van der Waals surface area contributed by atoms with Crippen LogP contribution in [-0.2, 0) is 4.79 Å². The van der Waals surface area contributed by atoms with E-state index in [0.29, 0.717) is 50.5 Å². The Bertz CT molecular complexity index is 645. The molecule has 3 fully saturated rings. The number of nitrogens with zero attached hydrogens (tertiary/aromatic N) is 1. The third-order valence-electron chi connectivity index (χ3n) is 6.72.